The molecule has 1 heterocycles. The maximum absolute atomic E-state index is 13.9. The summed E-state index contributed by atoms with van der Waals surface area (Å²) in [5.74, 6) is -0.194. The van der Waals surface area contributed by atoms with Crippen LogP contribution in [0.3, 0.4) is 0 Å². The highest BCUT2D eigenvalue weighted by Crippen LogP contribution is 2.22. The molecule has 0 radical (unpaired) electrons. The molecule has 1 aliphatic heterocycles. The maximum Gasteiger partial charge on any atom is 0.261 e. The number of carbonyl (C=O) groups excluding carboxylic acids is 2. The van der Waals surface area contributed by atoms with Gasteiger partial charge in [-0.2, -0.15) is 4.31 Å². The predicted molar refractivity (Wildman–Crippen MR) is 177 cm³/mol. The van der Waals surface area contributed by atoms with Gasteiger partial charge in [0.25, 0.3) is 5.91 Å². The lowest BCUT2D eigenvalue weighted by molar-refractivity contribution is -0.142. The van der Waals surface area contributed by atoms with Gasteiger partial charge < -0.3 is 19.7 Å². The molecular formula is C36H43N3O6S. The Morgan fingerprint density at radius 2 is 1.57 bits per heavy atom. The van der Waals surface area contributed by atoms with Crippen molar-refractivity contribution in [2.45, 2.75) is 56.0 Å². The lowest BCUT2D eigenvalue weighted by Crippen LogP contribution is -2.51. The first-order valence-electron chi connectivity index (χ1n) is 16.0. The Morgan fingerprint density at radius 1 is 0.891 bits per heavy atom. The van der Waals surface area contributed by atoms with Gasteiger partial charge in [0.1, 0.15) is 11.8 Å². The first-order valence-corrected chi connectivity index (χ1v) is 17.5. The van der Waals surface area contributed by atoms with Gasteiger partial charge in [-0.1, -0.05) is 72.3 Å². The number of amides is 2. The number of benzene rings is 3. The molecular weight excluding hydrogens is 602 g/mol. The molecule has 1 fully saturated rings. The van der Waals surface area contributed by atoms with Crippen molar-refractivity contribution in [3.8, 4) is 5.75 Å². The van der Waals surface area contributed by atoms with E-state index >= 15 is 0 Å². The summed E-state index contributed by atoms with van der Waals surface area (Å²) < 4.78 is 38.6. The average Bonchev–Trinajstić information content (AvgIpc) is 3.10. The topological polar surface area (TPSA) is 105 Å². The Bertz CT molecular complexity index is 1560. The van der Waals surface area contributed by atoms with Crippen LogP contribution in [0.15, 0.2) is 101 Å². The fourth-order valence-corrected chi connectivity index (χ4v) is 7.21. The summed E-state index contributed by atoms with van der Waals surface area (Å²) >= 11 is 0. The van der Waals surface area contributed by atoms with Gasteiger partial charge in [0.15, 0.2) is 6.61 Å². The van der Waals surface area contributed by atoms with Gasteiger partial charge in [-0.05, 0) is 67.5 Å². The molecule has 0 spiro atoms. The van der Waals surface area contributed by atoms with Crippen LogP contribution in [0.1, 0.15) is 43.2 Å². The van der Waals surface area contributed by atoms with E-state index < -0.39 is 16.1 Å². The van der Waals surface area contributed by atoms with Crippen molar-refractivity contribution in [2.24, 2.45) is 0 Å². The van der Waals surface area contributed by atoms with Crippen LogP contribution in [0, 0.1) is 0 Å². The van der Waals surface area contributed by atoms with Gasteiger partial charge in [-0.25, -0.2) is 8.42 Å². The smallest absolute Gasteiger partial charge is 0.261 e. The van der Waals surface area contributed by atoms with Crippen LogP contribution in [-0.2, 0) is 37.3 Å². The van der Waals surface area contributed by atoms with E-state index in [4.69, 9.17) is 9.47 Å². The Kier molecular flexibility index (Phi) is 12.0. The molecule has 3 aromatic carbocycles. The van der Waals surface area contributed by atoms with E-state index in [2.05, 4.69) is 11.4 Å². The molecule has 3 aromatic rings. The van der Waals surface area contributed by atoms with Crippen molar-refractivity contribution in [3.63, 3.8) is 0 Å². The van der Waals surface area contributed by atoms with Gasteiger partial charge in [0.05, 0.1) is 18.1 Å². The van der Waals surface area contributed by atoms with Gasteiger partial charge in [0, 0.05) is 32.6 Å². The zero-order chi connectivity index (χ0) is 32.2. The number of allylic oxidation sites excluding steroid dienone is 1. The second-order valence-corrected chi connectivity index (χ2v) is 13.6. The summed E-state index contributed by atoms with van der Waals surface area (Å²) in [6.45, 7) is 1.78. The molecule has 46 heavy (non-hydrogen) atoms. The first kappa shape index (κ1) is 33.4. The van der Waals surface area contributed by atoms with E-state index in [0.29, 0.717) is 45.0 Å². The van der Waals surface area contributed by atoms with E-state index in [0.717, 1.165) is 30.4 Å². The minimum Gasteiger partial charge on any atom is -0.484 e. The van der Waals surface area contributed by atoms with Crippen molar-refractivity contribution in [1.29, 1.82) is 0 Å². The normalized spacial score (nSPS) is 16.2. The SMILES string of the molecule is O=C(NCCC1=CCCCC1)[C@@H](Cc1ccccc1)N(Cc1ccccc1)C(=O)COc1ccc(S(=O)(=O)N2CCOCC2)cc1. The number of hydrogen-bond acceptors (Lipinski definition) is 6. The molecule has 10 heteroatoms. The molecule has 0 saturated carbocycles. The van der Waals surface area contributed by atoms with Gasteiger partial charge >= 0.3 is 0 Å². The molecule has 5 rings (SSSR count). The van der Waals surface area contributed by atoms with Gasteiger partial charge in [-0.3, -0.25) is 9.59 Å². The monoisotopic (exact) mass is 645 g/mol. The third kappa shape index (κ3) is 9.28. The molecule has 9 nitrogen and oxygen atoms in total. The summed E-state index contributed by atoms with van der Waals surface area (Å²) in [5, 5.41) is 3.11. The molecule has 0 aromatic heterocycles. The first-order chi connectivity index (χ1) is 22.4. The van der Waals surface area contributed by atoms with E-state index in [-0.39, 0.29) is 29.9 Å². The molecule has 0 unspecified atom stereocenters. The van der Waals surface area contributed by atoms with Crippen molar-refractivity contribution >= 4 is 21.8 Å². The molecule has 1 aliphatic carbocycles. The molecule has 244 valence electrons. The summed E-state index contributed by atoms with van der Waals surface area (Å²) in [5.41, 5.74) is 3.22. The number of ether oxygens (including phenoxy) is 2. The van der Waals surface area contributed by atoms with Crippen LogP contribution < -0.4 is 10.1 Å². The number of hydrogen-bond donors (Lipinski definition) is 1. The van der Waals surface area contributed by atoms with Crippen molar-refractivity contribution in [2.75, 3.05) is 39.5 Å². The zero-order valence-corrected chi connectivity index (χ0v) is 27.0. The van der Waals surface area contributed by atoms with Crippen LogP contribution in [0.5, 0.6) is 5.75 Å². The minimum atomic E-state index is -3.65. The second kappa shape index (κ2) is 16.5. The van der Waals surface area contributed by atoms with Crippen molar-refractivity contribution in [3.05, 3.63) is 108 Å². The largest absolute Gasteiger partial charge is 0.484 e. The van der Waals surface area contributed by atoms with Crippen molar-refractivity contribution < 1.29 is 27.5 Å². The number of carbonyl (C=O) groups is 2. The van der Waals surface area contributed by atoms with E-state index in [9.17, 15) is 18.0 Å². The molecule has 1 N–H and O–H groups in total. The molecule has 1 atom stereocenters. The van der Waals surface area contributed by atoms with Crippen LogP contribution in [0.4, 0.5) is 0 Å². The number of nitrogens with zero attached hydrogens (tertiary/aromatic N) is 2. The minimum absolute atomic E-state index is 0.155. The van der Waals surface area contributed by atoms with Crippen LogP contribution in [0.2, 0.25) is 0 Å². The number of morpholine rings is 1. The van der Waals surface area contributed by atoms with Crippen molar-refractivity contribution in [1.82, 2.24) is 14.5 Å². The zero-order valence-electron chi connectivity index (χ0n) is 26.2. The number of sulfonamides is 1. The fourth-order valence-electron chi connectivity index (χ4n) is 5.80. The Morgan fingerprint density at radius 3 is 2.22 bits per heavy atom. The summed E-state index contributed by atoms with van der Waals surface area (Å²) in [4.78, 5) is 29.5. The summed E-state index contributed by atoms with van der Waals surface area (Å²) in [6, 6.07) is 24.6. The Balaban J connectivity index is 1.31. The van der Waals surface area contributed by atoms with E-state index in [1.165, 1.54) is 34.9 Å². The lowest BCUT2D eigenvalue weighted by Gasteiger charge is -2.31. The molecule has 2 aliphatic rings. The summed E-state index contributed by atoms with van der Waals surface area (Å²) in [6.07, 6.45) is 7.99. The lowest BCUT2D eigenvalue weighted by atomic mass is 9.97. The number of nitrogens with one attached hydrogen (secondary N) is 1. The Labute approximate surface area is 272 Å². The van der Waals surface area contributed by atoms with E-state index in [1.807, 2.05) is 60.7 Å². The maximum atomic E-state index is 13.9. The van der Waals surface area contributed by atoms with Gasteiger partial charge in [-0.15, -0.1) is 0 Å². The molecule has 0 bridgehead atoms. The highest BCUT2D eigenvalue weighted by molar-refractivity contribution is 7.89. The highest BCUT2D eigenvalue weighted by Gasteiger charge is 2.31. The standard InChI is InChI=1S/C36H43N3O6S/c40-35(28-45-32-16-18-33(19-17-32)46(42,43)38-22-24-44-25-23-38)39(27-31-14-8-3-9-15-31)34(26-30-12-6-2-7-13-30)36(41)37-21-20-29-10-4-1-5-11-29/h2-3,6-10,12-19,34H,1,4-5,11,20-28H2,(H,37,41)/t34-/m1/s1. The third-order valence-corrected chi connectivity index (χ3v) is 10.3. The third-order valence-electron chi connectivity index (χ3n) is 8.39. The fraction of sp³-hybridized carbons (Fsp3) is 0.389. The summed E-state index contributed by atoms with van der Waals surface area (Å²) in [7, 11) is -3.65. The highest BCUT2D eigenvalue weighted by atomic mass is 32.2. The predicted octanol–water partition coefficient (Wildman–Crippen LogP) is 4.73. The molecule has 1 saturated heterocycles. The number of rotatable bonds is 14. The van der Waals surface area contributed by atoms with Crippen LogP contribution in [-0.4, -0.2) is 74.9 Å². The Hall–Kier alpha value is -3.99. The average molecular weight is 646 g/mol. The van der Waals surface area contributed by atoms with Gasteiger partial charge in [0.2, 0.25) is 15.9 Å². The van der Waals surface area contributed by atoms with Crippen LogP contribution in [0.25, 0.3) is 0 Å². The second-order valence-electron chi connectivity index (χ2n) is 11.6. The van der Waals surface area contributed by atoms with Crippen LogP contribution >= 0.6 is 0 Å². The quantitative estimate of drug-likeness (QED) is 0.254. The molecule has 2 amide bonds. The van der Waals surface area contributed by atoms with E-state index in [1.54, 1.807) is 17.0 Å².